The Morgan fingerprint density at radius 1 is 1.15 bits per heavy atom. The van der Waals surface area contributed by atoms with Gasteiger partial charge in [-0.15, -0.1) is 0 Å². The van der Waals surface area contributed by atoms with Gasteiger partial charge in [-0.05, 0) is 41.8 Å². The van der Waals surface area contributed by atoms with Crippen LogP contribution in [0.1, 0.15) is 27.9 Å². The van der Waals surface area contributed by atoms with E-state index in [2.05, 4.69) is 20.6 Å². The summed E-state index contributed by atoms with van der Waals surface area (Å²) in [7, 11) is 4.98. The van der Waals surface area contributed by atoms with Gasteiger partial charge >= 0.3 is 0 Å². The number of para-hydroxylation sites is 1. The third-order valence-corrected chi connectivity index (χ3v) is 5.68. The van der Waals surface area contributed by atoms with E-state index in [-0.39, 0.29) is 23.6 Å². The summed E-state index contributed by atoms with van der Waals surface area (Å²) in [5, 5.41) is 5.72. The number of benzene rings is 2. The van der Waals surface area contributed by atoms with Gasteiger partial charge in [0.2, 0.25) is 11.9 Å². The van der Waals surface area contributed by atoms with Crippen LogP contribution < -0.4 is 15.5 Å². The number of aryl methyl sites for hydroxylation is 1. The lowest BCUT2D eigenvalue weighted by molar-refractivity contribution is -0.130. The van der Waals surface area contributed by atoms with Crippen molar-refractivity contribution in [3.63, 3.8) is 0 Å². The fraction of sp³-hybridized carbons (Fsp3) is 0.250. The van der Waals surface area contributed by atoms with Crippen molar-refractivity contribution in [2.75, 3.05) is 31.4 Å². The fourth-order valence-electron chi connectivity index (χ4n) is 3.86. The predicted molar refractivity (Wildman–Crippen MR) is 124 cm³/mol. The largest absolute Gasteiger partial charge is 0.355 e. The van der Waals surface area contributed by atoms with Gasteiger partial charge in [0.1, 0.15) is 0 Å². The number of rotatable bonds is 5. The van der Waals surface area contributed by atoms with Crippen LogP contribution in [0.3, 0.4) is 0 Å². The molecule has 33 heavy (non-hydrogen) atoms. The first-order valence-corrected chi connectivity index (χ1v) is 10.6. The molecule has 2 aromatic carbocycles. The Morgan fingerprint density at radius 2 is 1.94 bits per heavy atom. The standard InChI is InChI=1S/C24H25FN6O2/c1-26-23(33)18-6-4-5-7-20(18)31(3)22-19(25)13-27-24(29-22)28-17-10-8-15-9-11-21(32)30(2)14-16(15)12-17/h4-8,10,12-13H,9,11,14H2,1-3H3,(H,26,33)(H,27,28,29). The van der Waals surface area contributed by atoms with Crippen LogP contribution in [0.15, 0.2) is 48.7 Å². The molecule has 1 aliphatic heterocycles. The third kappa shape index (κ3) is 4.62. The van der Waals surface area contributed by atoms with Crippen molar-refractivity contribution >= 4 is 35.0 Å². The third-order valence-electron chi connectivity index (χ3n) is 5.68. The number of fused-ring (bicyclic) bond motifs is 1. The summed E-state index contributed by atoms with van der Waals surface area (Å²) in [6, 6.07) is 12.7. The van der Waals surface area contributed by atoms with Gasteiger partial charge in [-0.1, -0.05) is 18.2 Å². The minimum absolute atomic E-state index is 0.0314. The number of amides is 2. The highest BCUT2D eigenvalue weighted by Gasteiger charge is 2.20. The molecule has 0 fully saturated rings. The molecule has 0 unspecified atom stereocenters. The molecule has 2 N–H and O–H groups in total. The first-order valence-electron chi connectivity index (χ1n) is 10.6. The summed E-state index contributed by atoms with van der Waals surface area (Å²) < 4.78 is 14.7. The second kappa shape index (κ2) is 9.23. The van der Waals surface area contributed by atoms with E-state index in [9.17, 15) is 14.0 Å². The number of nitrogens with zero attached hydrogens (tertiary/aromatic N) is 4. The number of hydrogen-bond acceptors (Lipinski definition) is 6. The van der Waals surface area contributed by atoms with Crippen molar-refractivity contribution in [2.45, 2.75) is 19.4 Å². The van der Waals surface area contributed by atoms with Crippen molar-refractivity contribution in [2.24, 2.45) is 0 Å². The van der Waals surface area contributed by atoms with Gasteiger partial charge in [0.05, 0.1) is 17.4 Å². The summed E-state index contributed by atoms with van der Waals surface area (Å²) in [4.78, 5) is 35.9. The van der Waals surface area contributed by atoms with Crippen molar-refractivity contribution in [3.8, 4) is 0 Å². The van der Waals surface area contributed by atoms with Crippen LogP contribution >= 0.6 is 0 Å². The van der Waals surface area contributed by atoms with E-state index in [4.69, 9.17) is 0 Å². The van der Waals surface area contributed by atoms with Crippen LogP contribution in [0.4, 0.5) is 27.5 Å². The Labute approximate surface area is 191 Å². The average Bonchev–Trinajstić information content (AvgIpc) is 2.97. The molecule has 8 nitrogen and oxygen atoms in total. The van der Waals surface area contributed by atoms with Crippen molar-refractivity contribution < 1.29 is 14.0 Å². The first kappa shape index (κ1) is 22.2. The molecule has 4 rings (SSSR count). The van der Waals surface area contributed by atoms with E-state index in [0.717, 1.165) is 23.0 Å². The van der Waals surface area contributed by atoms with E-state index in [0.29, 0.717) is 30.6 Å². The summed E-state index contributed by atoms with van der Waals surface area (Å²) in [5.41, 5.74) is 3.83. The minimum Gasteiger partial charge on any atom is -0.355 e. The normalized spacial score (nSPS) is 13.2. The monoisotopic (exact) mass is 448 g/mol. The highest BCUT2D eigenvalue weighted by atomic mass is 19.1. The number of carbonyl (C=O) groups is 2. The van der Waals surface area contributed by atoms with Gasteiger partial charge < -0.3 is 20.4 Å². The van der Waals surface area contributed by atoms with Crippen molar-refractivity contribution in [1.29, 1.82) is 0 Å². The van der Waals surface area contributed by atoms with Crippen LogP contribution in [0.5, 0.6) is 0 Å². The quantitative estimate of drug-likeness (QED) is 0.622. The van der Waals surface area contributed by atoms with Crippen molar-refractivity contribution in [3.05, 3.63) is 71.2 Å². The van der Waals surface area contributed by atoms with Gasteiger partial charge in [0.25, 0.3) is 5.91 Å². The average molecular weight is 449 g/mol. The van der Waals surface area contributed by atoms with Gasteiger partial charge in [0, 0.05) is 39.8 Å². The van der Waals surface area contributed by atoms with Gasteiger partial charge in [-0.25, -0.2) is 9.37 Å². The zero-order valence-electron chi connectivity index (χ0n) is 18.7. The zero-order valence-corrected chi connectivity index (χ0v) is 18.7. The lowest BCUT2D eigenvalue weighted by Crippen LogP contribution is -2.24. The Morgan fingerprint density at radius 3 is 2.73 bits per heavy atom. The van der Waals surface area contributed by atoms with E-state index in [1.54, 1.807) is 50.3 Å². The molecule has 0 atom stereocenters. The molecule has 0 spiro atoms. The maximum Gasteiger partial charge on any atom is 0.253 e. The van der Waals surface area contributed by atoms with E-state index >= 15 is 0 Å². The Hall–Kier alpha value is -4.01. The van der Waals surface area contributed by atoms with Gasteiger partial charge in [0.15, 0.2) is 11.6 Å². The first-order chi connectivity index (χ1) is 15.9. The molecule has 0 radical (unpaired) electrons. The highest BCUT2D eigenvalue weighted by Crippen LogP contribution is 2.29. The number of halogens is 1. The molecule has 0 aliphatic carbocycles. The predicted octanol–water partition coefficient (Wildman–Crippen LogP) is 3.39. The SMILES string of the molecule is CNC(=O)c1ccccc1N(C)c1nc(Nc2ccc3c(c2)CN(C)C(=O)CC3)ncc1F. The summed E-state index contributed by atoms with van der Waals surface area (Å²) in [6.07, 6.45) is 2.29. The Kier molecular flexibility index (Phi) is 6.21. The second-order valence-corrected chi connectivity index (χ2v) is 7.88. The number of nitrogens with one attached hydrogen (secondary N) is 2. The second-order valence-electron chi connectivity index (χ2n) is 7.88. The lowest BCUT2D eigenvalue weighted by Gasteiger charge is -2.22. The van der Waals surface area contributed by atoms with E-state index < -0.39 is 5.82 Å². The van der Waals surface area contributed by atoms with Crippen molar-refractivity contribution in [1.82, 2.24) is 20.2 Å². The summed E-state index contributed by atoms with van der Waals surface area (Å²) >= 11 is 0. The summed E-state index contributed by atoms with van der Waals surface area (Å²) in [5.74, 6) is -0.527. The molecule has 0 bridgehead atoms. The van der Waals surface area contributed by atoms with Crippen LogP contribution in [0.2, 0.25) is 0 Å². The molecule has 3 aromatic rings. The molecule has 0 saturated carbocycles. The maximum absolute atomic E-state index is 14.7. The van der Waals surface area contributed by atoms with Crippen LogP contribution in [0.25, 0.3) is 0 Å². The molecule has 9 heteroatoms. The maximum atomic E-state index is 14.7. The number of carbonyl (C=O) groups excluding carboxylic acids is 2. The van der Waals surface area contributed by atoms with Crippen LogP contribution in [-0.2, 0) is 17.8 Å². The molecule has 0 saturated heterocycles. The molecule has 170 valence electrons. The van der Waals surface area contributed by atoms with Gasteiger partial charge in [-0.2, -0.15) is 4.98 Å². The smallest absolute Gasteiger partial charge is 0.253 e. The molecule has 1 aromatic heterocycles. The molecule has 2 heterocycles. The fourth-order valence-corrected chi connectivity index (χ4v) is 3.86. The van der Waals surface area contributed by atoms with Crippen LogP contribution in [0, 0.1) is 5.82 Å². The van der Waals surface area contributed by atoms with Crippen LogP contribution in [-0.4, -0.2) is 47.8 Å². The molecular weight excluding hydrogens is 423 g/mol. The lowest BCUT2D eigenvalue weighted by atomic mass is 10.0. The Bertz CT molecular complexity index is 1220. The van der Waals surface area contributed by atoms with E-state index in [1.807, 2.05) is 18.2 Å². The number of aromatic nitrogens is 2. The van der Waals surface area contributed by atoms with Gasteiger partial charge in [-0.3, -0.25) is 9.59 Å². The molecular formula is C24H25FN6O2. The van der Waals surface area contributed by atoms with E-state index in [1.165, 1.54) is 4.90 Å². The Balaban J connectivity index is 1.62. The minimum atomic E-state index is -0.614. The molecule has 2 amide bonds. The molecule has 1 aliphatic rings. The topological polar surface area (TPSA) is 90.5 Å². The zero-order chi connectivity index (χ0) is 23.5. The number of anilines is 4. The number of hydrogen-bond donors (Lipinski definition) is 2. The highest BCUT2D eigenvalue weighted by molar-refractivity contribution is 6.00. The summed E-state index contributed by atoms with van der Waals surface area (Å²) in [6.45, 7) is 0.526.